The van der Waals surface area contributed by atoms with Crippen molar-refractivity contribution in [1.29, 1.82) is 0 Å². The first-order valence-electron chi connectivity index (χ1n) is 12.4. The molecule has 7 heteroatoms. The molecule has 6 rings (SSSR count). The number of nitrogens with zero attached hydrogens (tertiary/aromatic N) is 3. The van der Waals surface area contributed by atoms with Crippen LogP contribution in [0.15, 0.2) is 79.0 Å². The predicted molar refractivity (Wildman–Crippen MR) is 144 cm³/mol. The van der Waals surface area contributed by atoms with Crippen LogP contribution >= 0.6 is 0 Å². The van der Waals surface area contributed by atoms with Crippen LogP contribution in [0, 0.1) is 6.92 Å². The number of carbonyl (C=O) groups excluding carboxylic acids is 1. The van der Waals surface area contributed by atoms with E-state index in [2.05, 4.69) is 41.6 Å². The van der Waals surface area contributed by atoms with Gasteiger partial charge in [-0.1, -0.05) is 37.3 Å². The number of aryl methyl sites for hydroxylation is 1. The van der Waals surface area contributed by atoms with E-state index in [1.807, 2.05) is 60.3 Å². The van der Waals surface area contributed by atoms with Crippen LogP contribution in [0.3, 0.4) is 0 Å². The lowest BCUT2D eigenvalue weighted by molar-refractivity contribution is 0.102. The summed E-state index contributed by atoms with van der Waals surface area (Å²) >= 11 is 0. The number of hydrogen-bond acceptors (Lipinski definition) is 5. The molecule has 37 heavy (non-hydrogen) atoms. The summed E-state index contributed by atoms with van der Waals surface area (Å²) in [6.07, 6.45) is 2.80. The van der Waals surface area contributed by atoms with Crippen molar-refractivity contribution in [3.05, 3.63) is 95.8 Å². The number of fused-ring (bicyclic) bond motifs is 2. The number of carbonyl (C=O) groups is 1. The molecule has 1 aliphatic rings. The molecule has 7 nitrogen and oxygen atoms in total. The lowest BCUT2D eigenvalue weighted by Crippen LogP contribution is -2.16. The van der Waals surface area contributed by atoms with Crippen molar-refractivity contribution in [3.8, 4) is 28.4 Å². The van der Waals surface area contributed by atoms with Crippen LogP contribution in [0.4, 0.5) is 5.69 Å². The van der Waals surface area contributed by atoms with Crippen molar-refractivity contribution in [2.75, 3.05) is 18.5 Å². The van der Waals surface area contributed by atoms with Gasteiger partial charge in [0.05, 0.1) is 34.4 Å². The van der Waals surface area contributed by atoms with E-state index in [0.29, 0.717) is 41.7 Å². The largest absolute Gasteiger partial charge is 0.486 e. The molecule has 5 aromatic rings. The zero-order valence-electron chi connectivity index (χ0n) is 20.7. The van der Waals surface area contributed by atoms with Gasteiger partial charge in [0.1, 0.15) is 13.2 Å². The average molecular weight is 491 g/mol. The highest BCUT2D eigenvalue weighted by Crippen LogP contribution is 2.33. The number of pyridine rings is 1. The highest BCUT2D eigenvalue weighted by molar-refractivity contribution is 6.13. The Morgan fingerprint density at radius 2 is 1.76 bits per heavy atom. The number of nitrogens with one attached hydrogen (secondary N) is 1. The van der Waals surface area contributed by atoms with Gasteiger partial charge >= 0.3 is 0 Å². The fraction of sp³-hybridized carbons (Fsp3) is 0.167. The summed E-state index contributed by atoms with van der Waals surface area (Å²) in [5, 5.41) is 8.42. The van der Waals surface area contributed by atoms with Gasteiger partial charge in [0, 0.05) is 22.7 Å². The number of anilines is 1. The molecule has 1 amide bonds. The van der Waals surface area contributed by atoms with E-state index in [1.54, 1.807) is 6.07 Å². The minimum Gasteiger partial charge on any atom is -0.486 e. The SMILES string of the molecule is CCc1ccc(-n2ncc(-c3cc(C(=O)Nc4ccc5c(c4)OCCO5)c4ccccc4n3)c2C)cc1. The number of benzene rings is 3. The second-order valence-corrected chi connectivity index (χ2v) is 8.96. The lowest BCUT2D eigenvalue weighted by atomic mass is 10.0. The topological polar surface area (TPSA) is 78.3 Å². The summed E-state index contributed by atoms with van der Waals surface area (Å²) in [6.45, 7) is 5.16. The molecule has 0 fully saturated rings. The molecule has 1 N–H and O–H groups in total. The third-order valence-corrected chi connectivity index (χ3v) is 6.64. The molecule has 1 aliphatic heterocycles. The third kappa shape index (κ3) is 4.29. The Bertz CT molecular complexity index is 1620. The van der Waals surface area contributed by atoms with Gasteiger partial charge in [-0.2, -0.15) is 5.10 Å². The standard InChI is InChI=1S/C30H26N4O3/c1-3-20-8-11-22(12-9-20)34-19(2)25(18-31-34)27-17-24(23-6-4-5-7-26(23)33-27)30(35)32-21-10-13-28-29(16-21)37-15-14-36-28/h4-13,16-18H,3,14-15H2,1-2H3,(H,32,35). The van der Waals surface area contributed by atoms with Crippen molar-refractivity contribution >= 4 is 22.5 Å². The number of amides is 1. The van der Waals surface area contributed by atoms with Crippen molar-refractivity contribution < 1.29 is 14.3 Å². The number of ether oxygens (including phenoxy) is 2. The molecule has 0 atom stereocenters. The Morgan fingerprint density at radius 1 is 0.973 bits per heavy atom. The van der Waals surface area contributed by atoms with E-state index >= 15 is 0 Å². The van der Waals surface area contributed by atoms with Crippen LogP contribution in [0.5, 0.6) is 11.5 Å². The number of para-hydroxylation sites is 1. The van der Waals surface area contributed by atoms with Crippen LogP contribution < -0.4 is 14.8 Å². The van der Waals surface area contributed by atoms with Crippen LogP contribution in [0.25, 0.3) is 27.8 Å². The van der Waals surface area contributed by atoms with Crippen molar-refractivity contribution in [1.82, 2.24) is 14.8 Å². The second kappa shape index (κ2) is 9.43. The van der Waals surface area contributed by atoms with Crippen molar-refractivity contribution in [3.63, 3.8) is 0 Å². The van der Waals surface area contributed by atoms with Gasteiger partial charge in [-0.05, 0) is 55.3 Å². The normalized spacial score (nSPS) is 12.5. The van der Waals surface area contributed by atoms with Gasteiger partial charge < -0.3 is 14.8 Å². The molecule has 0 radical (unpaired) electrons. The monoisotopic (exact) mass is 490 g/mol. The summed E-state index contributed by atoms with van der Waals surface area (Å²) in [7, 11) is 0. The van der Waals surface area contributed by atoms with Gasteiger partial charge in [-0.3, -0.25) is 4.79 Å². The molecule has 3 heterocycles. The predicted octanol–water partition coefficient (Wildman–Crippen LogP) is 5.98. The maximum Gasteiger partial charge on any atom is 0.256 e. The smallest absolute Gasteiger partial charge is 0.256 e. The Balaban J connectivity index is 1.37. The molecule has 0 aliphatic carbocycles. The lowest BCUT2D eigenvalue weighted by Gasteiger charge is -2.19. The Labute approximate surface area is 214 Å². The van der Waals surface area contributed by atoms with E-state index in [-0.39, 0.29) is 5.91 Å². The summed E-state index contributed by atoms with van der Waals surface area (Å²) < 4.78 is 13.2. The van der Waals surface area contributed by atoms with Crippen molar-refractivity contribution in [2.45, 2.75) is 20.3 Å². The molecular weight excluding hydrogens is 464 g/mol. The Morgan fingerprint density at radius 3 is 2.57 bits per heavy atom. The first-order valence-corrected chi connectivity index (χ1v) is 12.4. The molecule has 0 bridgehead atoms. The van der Waals surface area contributed by atoms with E-state index in [1.165, 1.54) is 5.56 Å². The maximum absolute atomic E-state index is 13.5. The van der Waals surface area contributed by atoms with E-state index in [0.717, 1.165) is 34.3 Å². The fourth-order valence-electron chi connectivity index (χ4n) is 4.62. The van der Waals surface area contributed by atoms with Crippen LogP contribution in [-0.4, -0.2) is 33.9 Å². The molecule has 184 valence electrons. The molecular formula is C30H26N4O3. The fourth-order valence-corrected chi connectivity index (χ4v) is 4.62. The zero-order chi connectivity index (χ0) is 25.4. The van der Waals surface area contributed by atoms with Crippen LogP contribution in [-0.2, 0) is 6.42 Å². The highest BCUT2D eigenvalue weighted by Gasteiger charge is 2.19. The first-order chi connectivity index (χ1) is 18.1. The van der Waals surface area contributed by atoms with E-state index in [9.17, 15) is 4.79 Å². The van der Waals surface area contributed by atoms with Crippen molar-refractivity contribution in [2.24, 2.45) is 0 Å². The maximum atomic E-state index is 13.5. The average Bonchev–Trinajstić information content (AvgIpc) is 3.33. The quantitative estimate of drug-likeness (QED) is 0.328. The van der Waals surface area contributed by atoms with Gasteiger partial charge in [0.25, 0.3) is 5.91 Å². The third-order valence-electron chi connectivity index (χ3n) is 6.64. The number of hydrogen-bond donors (Lipinski definition) is 1. The zero-order valence-corrected chi connectivity index (χ0v) is 20.7. The molecule has 0 unspecified atom stereocenters. The van der Waals surface area contributed by atoms with Crippen LogP contribution in [0.2, 0.25) is 0 Å². The minimum absolute atomic E-state index is 0.225. The van der Waals surface area contributed by atoms with Gasteiger partial charge in [-0.15, -0.1) is 0 Å². The van der Waals surface area contributed by atoms with Crippen LogP contribution in [0.1, 0.15) is 28.5 Å². The number of rotatable bonds is 5. The number of aromatic nitrogens is 3. The molecule has 0 saturated heterocycles. The van der Waals surface area contributed by atoms with Gasteiger partial charge in [0.2, 0.25) is 0 Å². The Kier molecular flexibility index (Phi) is 5.81. The summed E-state index contributed by atoms with van der Waals surface area (Å²) in [5.41, 5.74) is 6.69. The van der Waals surface area contributed by atoms with E-state index < -0.39 is 0 Å². The molecule has 0 saturated carbocycles. The summed E-state index contributed by atoms with van der Waals surface area (Å²) in [6, 6.07) is 23.3. The minimum atomic E-state index is -0.225. The summed E-state index contributed by atoms with van der Waals surface area (Å²) in [5.74, 6) is 1.08. The van der Waals surface area contributed by atoms with E-state index in [4.69, 9.17) is 14.5 Å². The Hall–Kier alpha value is -4.65. The van der Waals surface area contributed by atoms with Gasteiger partial charge in [0.15, 0.2) is 11.5 Å². The highest BCUT2D eigenvalue weighted by atomic mass is 16.6. The molecule has 2 aromatic heterocycles. The first kappa shape index (κ1) is 22.8. The molecule has 0 spiro atoms. The van der Waals surface area contributed by atoms with Gasteiger partial charge in [-0.25, -0.2) is 9.67 Å². The summed E-state index contributed by atoms with van der Waals surface area (Å²) in [4.78, 5) is 18.4. The molecule has 3 aromatic carbocycles. The second-order valence-electron chi connectivity index (χ2n) is 8.96.